The predicted octanol–water partition coefficient (Wildman–Crippen LogP) is 3.01. The summed E-state index contributed by atoms with van der Waals surface area (Å²) in [5, 5.41) is 0. The van der Waals surface area contributed by atoms with Crippen LogP contribution in [-0.4, -0.2) is 44.2 Å². The Morgan fingerprint density at radius 2 is 1.65 bits per heavy atom. The number of hydrogen-bond acceptors (Lipinski definition) is 7. The van der Waals surface area contributed by atoms with Crippen molar-refractivity contribution in [2.45, 2.75) is 25.2 Å². The topological polar surface area (TPSA) is 79.8 Å². The molecule has 1 aromatic heterocycles. The van der Waals surface area contributed by atoms with Crippen molar-refractivity contribution < 1.29 is 23.7 Å². The molecule has 0 radical (unpaired) electrons. The predicted molar refractivity (Wildman–Crippen MR) is 94.7 cm³/mol. The molecule has 0 saturated heterocycles. The Bertz CT molecular complexity index is 818. The smallest absolute Gasteiger partial charge is 0.319 e. The number of carbonyl (C=O) groups is 1. The van der Waals surface area contributed by atoms with Crippen molar-refractivity contribution >= 4 is 5.78 Å². The van der Waals surface area contributed by atoms with Gasteiger partial charge < -0.3 is 18.9 Å². The molecule has 2 aromatic rings. The molecular formula is C19H22N2O5. The molecule has 1 aromatic carbocycles. The molecule has 7 heteroatoms. The average Bonchev–Trinajstić information content (AvgIpc) is 2.65. The summed E-state index contributed by atoms with van der Waals surface area (Å²) in [6.07, 6.45) is 4.67. The van der Waals surface area contributed by atoms with Crippen molar-refractivity contribution in [3.8, 4) is 23.4 Å². The summed E-state index contributed by atoms with van der Waals surface area (Å²) in [4.78, 5) is 21.4. The molecule has 7 nitrogen and oxygen atoms in total. The van der Waals surface area contributed by atoms with E-state index in [1.165, 1.54) is 20.4 Å². The highest BCUT2D eigenvalue weighted by Gasteiger charge is 2.29. The molecule has 0 bridgehead atoms. The monoisotopic (exact) mass is 358 g/mol. The first-order valence-corrected chi connectivity index (χ1v) is 8.38. The fourth-order valence-corrected chi connectivity index (χ4v) is 3.05. The van der Waals surface area contributed by atoms with Gasteiger partial charge in [0.1, 0.15) is 5.56 Å². The maximum Gasteiger partial charge on any atom is 0.319 e. The van der Waals surface area contributed by atoms with Crippen molar-refractivity contribution in [2.24, 2.45) is 0 Å². The van der Waals surface area contributed by atoms with Crippen molar-refractivity contribution in [1.29, 1.82) is 0 Å². The molecule has 1 aliphatic carbocycles. The van der Waals surface area contributed by atoms with E-state index in [0.717, 1.165) is 24.8 Å². The lowest BCUT2D eigenvalue weighted by Gasteiger charge is -2.28. The average molecular weight is 358 g/mol. The van der Waals surface area contributed by atoms with Crippen LogP contribution in [0.3, 0.4) is 0 Å². The van der Waals surface area contributed by atoms with Crippen molar-refractivity contribution in [1.82, 2.24) is 9.97 Å². The van der Waals surface area contributed by atoms with Crippen LogP contribution in [0.1, 0.15) is 46.7 Å². The zero-order valence-corrected chi connectivity index (χ0v) is 15.4. The highest BCUT2D eigenvalue weighted by atomic mass is 16.5. The van der Waals surface area contributed by atoms with Gasteiger partial charge in [-0.1, -0.05) is 6.42 Å². The summed E-state index contributed by atoms with van der Waals surface area (Å²) < 4.78 is 21.1. The Kier molecular flexibility index (Phi) is 5.25. The minimum absolute atomic E-state index is 0.143. The first-order chi connectivity index (χ1) is 12.6. The van der Waals surface area contributed by atoms with Gasteiger partial charge in [-0.25, -0.2) is 4.98 Å². The van der Waals surface area contributed by atoms with Crippen LogP contribution in [0.25, 0.3) is 0 Å². The Balaban J connectivity index is 2.11. The molecule has 1 heterocycles. The SMILES string of the molecule is COc1ncc(C(=O)c2cc(OC)c(OC)cc2C2CCC2)c(OC)n1. The molecule has 0 N–H and O–H groups in total. The quantitative estimate of drug-likeness (QED) is 0.704. The second kappa shape index (κ2) is 7.59. The van der Waals surface area contributed by atoms with Crippen LogP contribution in [0.4, 0.5) is 0 Å². The zero-order valence-electron chi connectivity index (χ0n) is 15.4. The molecule has 1 fully saturated rings. The molecule has 26 heavy (non-hydrogen) atoms. The summed E-state index contributed by atoms with van der Waals surface area (Å²) in [6, 6.07) is 3.76. The highest BCUT2D eigenvalue weighted by Crippen LogP contribution is 2.43. The molecule has 0 amide bonds. The van der Waals surface area contributed by atoms with Crippen LogP contribution in [0, 0.1) is 0 Å². The number of benzene rings is 1. The van der Waals surface area contributed by atoms with E-state index in [2.05, 4.69) is 9.97 Å². The standard InChI is InChI=1S/C19H22N2O5/c1-23-15-8-12(11-6-5-7-11)13(9-16(15)24-2)17(22)14-10-20-19(26-4)21-18(14)25-3/h8-11H,5-7H2,1-4H3. The normalized spacial score (nSPS) is 13.7. The summed E-state index contributed by atoms with van der Waals surface area (Å²) in [6.45, 7) is 0. The van der Waals surface area contributed by atoms with Crippen LogP contribution in [-0.2, 0) is 0 Å². The van der Waals surface area contributed by atoms with E-state index < -0.39 is 0 Å². The van der Waals surface area contributed by atoms with E-state index in [0.29, 0.717) is 23.0 Å². The minimum atomic E-state index is -0.215. The number of nitrogens with zero attached hydrogens (tertiary/aromatic N) is 2. The molecule has 0 spiro atoms. The van der Waals surface area contributed by atoms with Crippen molar-refractivity contribution in [3.63, 3.8) is 0 Å². The molecule has 0 unspecified atom stereocenters. The molecule has 0 atom stereocenters. The molecule has 138 valence electrons. The van der Waals surface area contributed by atoms with Gasteiger partial charge >= 0.3 is 6.01 Å². The summed E-state index contributed by atoms with van der Waals surface area (Å²) in [5.74, 6) is 1.42. The van der Waals surface area contributed by atoms with E-state index in [1.807, 2.05) is 6.07 Å². The number of methoxy groups -OCH3 is 4. The zero-order chi connectivity index (χ0) is 18.7. The number of aromatic nitrogens is 2. The lowest BCUT2D eigenvalue weighted by Crippen LogP contribution is -2.16. The molecule has 0 aliphatic heterocycles. The first kappa shape index (κ1) is 18.0. The van der Waals surface area contributed by atoms with Crippen LogP contribution in [0.5, 0.6) is 23.4 Å². The van der Waals surface area contributed by atoms with Crippen LogP contribution >= 0.6 is 0 Å². The van der Waals surface area contributed by atoms with E-state index in [4.69, 9.17) is 18.9 Å². The second-order valence-corrected chi connectivity index (χ2v) is 6.03. The van der Waals surface area contributed by atoms with E-state index in [1.54, 1.807) is 20.3 Å². The largest absolute Gasteiger partial charge is 0.493 e. The van der Waals surface area contributed by atoms with Gasteiger partial charge in [0, 0.05) is 11.8 Å². The lowest BCUT2D eigenvalue weighted by molar-refractivity contribution is 0.103. The lowest BCUT2D eigenvalue weighted by atomic mass is 9.77. The maximum absolute atomic E-state index is 13.3. The minimum Gasteiger partial charge on any atom is -0.493 e. The second-order valence-electron chi connectivity index (χ2n) is 6.03. The van der Waals surface area contributed by atoms with Crippen LogP contribution in [0.15, 0.2) is 18.3 Å². The highest BCUT2D eigenvalue weighted by molar-refractivity contribution is 6.11. The van der Waals surface area contributed by atoms with Crippen molar-refractivity contribution in [3.05, 3.63) is 35.0 Å². The van der Waals surface area contributed by atoms with Gasteiger partial charge in [0.25, 0.3) is 0 Å². The molecule has 1 saturated carbocycles. The number of carbonyl (C=O) groups excluding carboxylic acids is 1. The Morgan fingerprint density at radius 3 is 2.19 bits per heavy atom. The first-order valence-electron chi connectivity index (χ1n) is 8.38. The third-order valence-corrected chi connectivity index (χ3v) is 4.70. The van der Waals surface area contributed by atoms with Crippen molar-refractivity contribution in [2.75, 3.05) is 28.4 Å². The van der Waals surface area contributed by atoms with Gasteiger partial charge in [0.2, 0.25) is 5.88 Å². The van der Waals surface area contributed by atoms with Crippen LogP contribution < -0.4 is 18.9 Å². The van der Waals surface area contributed by atoms with Gasteiger partial charge in [0.15, 0.2) is 17.3 Å². The Labute approximate surface area is 152 Å². The Hall–Kier alpha value is -2.83. The maximum atomic E-state index is 13.3. The fraction of sp³-hybridized carbons (Fsp3) is 0.421. The molecule has 3 rings (SSSR count). The van der Waals surface area contributed by atoms with Gasteiger partial charge in [-0.05, 0) is 36.5 Å². The van der Waals surface area contributed by atoms with Gasteiger partial charge in [0.05, 0.1) is 28.4 Å². The van der Waals surface area contributed by atoms with Gasteiger partial charge in [-0.15, -0.1) is 0 Å². The third kappa shape index (κ3) is 3.16. The van der Waals surface area contributed by atoms with Crippen LogP contribution in [0.2, 0.25) is 0 Å². The molecule has 1 aliphatic rings. The fourth-order valence-electron chi connectivity index (χ4n) is 3.05. The van der Waals surface area contributed by atoms with E-state index >= 15 is 0 Å². The van der Waals surface area contributed by atoms with Gasteiger partial charge in [-0.3, -0.25) is 4.79 Å². The number of rotatable bonds is 7. The molecular weight excluding hydrogens is 336 g/mol. The third-order valence-electron chi connectivity index (χ3n) is 4.70. The number of ketones is 1. The van der Waals surface area contributed by atoms with E-state index in [9.17, 15) is 4.79 Å². The van der Waals surface area contributed by atoms with E-state index in [-0.39, 0.29) is 23.2 Å². The van der Waals surface area contributed by atoms with Gasteiger partial charge in [-0.2, -0.15) is 4.98 Å². The number of hydrogen-bond donors (Lipinski definition) is 0. The summed E-state index contributed by atoms with van der Waals surface area (Å²) in [7, 11) is 6.05. The summed E-state index contributed by atoms with van der Waals surface area (Å²) in [5.41, 5.74) is 1.79. The summed E-state index contributed by atoms with van der Waals surface area (Å²) >= 11 is 0. The number of ether oxygens (including phenoxy) is 4. The Morgan fingerprint density at radius 1 is 0.962 bits per heavy atom.